The lowest BCUT2D eigenvalue weighted by molar-refractivity contribution is -0.253. The van der Waals surface area contributed by atoms with Gasteiger partial charge >= 0.3 is 0 Å². The van der Waals surface area contributed by atoms with E-state index in [1.54, 1.807) is 12.1 Å². The van der Waals surface area contributed by atoms with Crippen LogP contribution in [-0.2, 0) is 21.0 Å². The molecule has 0 fully saturated rings. The van der Waals surface area contributed by atoms with Gasteiger partial charge in [-0.05, 0) is 17.7 Å². The van der Waals surface area contributed by atoms with Crippen molar-refractivity contribution in [3.05, 3.63) is 35.4 Å². The van der Waals surface area contributed by atoms with E-state index in [0.29, 0.717) is 11.1 Å². The van der Waals surface area contributed by atoms with Gasteiger partial charge in [-0.1, -0.05) is 12.1 Å². The Morgan fingerprint density at radius 1 is 1.44 bits per heavy atom. The molecule has 1 aromatic rings. The lowest BCUT2D eigenvalue weighted by Crippen LogP contribution is -2.50. The van der Waals surface area contributed by atoms with Crippen LogP contribution >= 0.6 is 0 Å². The third-order valence-corrected chi connectivity index (χ3v) is 2.88. The van der Waals surface area contributed by atoms with Gasteiger partial charge in [0.05, 0.1) is 0 Å². The van der Waals surface area contributed by atoms with Crippen LogP contribution in [0.2, 0.25) is 0 Å². The molecular weight excluding hydrogens is 260 g/mol. The van der Waals surface area contributed by atoms with Gasteiger partial charge in [-0.2, -0.15) is 4.21 Å². The second-order valence-electron chi connectivity index (χ2n) is 4.18. The molecule has 0 heterocycles. The van der Waals surface area contributed by atoms with E-state index in [4.69, 9.17) is 10.4 Å². The number of carbonyl (C=O) groups excluding carboxylic acids is 1. The first kappa shape index (κ1) is 14.7. The zero-order valence-corrected chi connectivity index (χ0v) is 10.6. The predicted octanol–water partition coefficient (Wildman–Crippen LogP) is 0.160. The topological polar surface area (TPSA) is 122 Å². The van der Waals surface area contributed by atoms with Crippen LogP contribution in [0.25, 0.3) is 0 Å². The highest BCUT2D eigenvalue weighted by atomic mass is 32.3. The lowest BCUT2D eigenvalue weighted by atomic mass is 10.1. The van der Waals surface area contributed by atoms with Crippen LogP contribution < -0.4 is 10.5 Å². The maximum Gasteiger partial charge on any atom is 0.252 e. The van der Waals surface area contributed by atoms with Crippen molar-refractivity contribution in [1.29, 1.82) is 0 Å². The zero-order valence-electron chi connectivity index (χ0n) is 9.83. The molecule has 0 spiro atoms. The van der Waals surface area contributed by atoms with Crippen LogP contribution in [0.15, 0.2) is 24.3 Å². The summed E-state index contributed by atoms with van der Waals surface area (Å²) in [5.41, 5.74) is 1.00. The van der Waals surface area contributed by atoms with Gasteiger partial charge in [0.1, 0.15) is 12.5 Å². The Kier molecular flexibility index (Phi) is 4.20. The molecule has 0 atom stereocenters. The molecule has 0 aromatic heterocycles. The highest BCUT2D eigenvalue weighted by molar-refractivity contribution is 8.12. The van der Waals surface area contributed by atoms with E-state index < -0.39 is 21.3 Å². The average Bonchev–Trinajstić information content (AvgIpc) is 2.25. The molecular formula is C10H16N2O5S. The van der Waals surface area contributed by atoms with Crippen LogP contribution in [0.3, 0.4) is 0 Å². The summed E-state index contributed by atoms with van der Waals surface area (Å²) in [6, 6.07) is 6.19. The molecule has 0 radical (unpaired) electrons. The monoisotopic (exact) mass is 276 g/mol. The van der Waals surface area contributed by atoms with Gasteiger partial charge in [0.15, 0.2) is 0 Å². The Bertz CT molecular complexity index is 482. The van der Waals surface area contributed by atoms with Gasteiger partial charge in [-0.25, -0.2) is 10.0 Å². The Morgan fingerprint density at radius 2 is 2.00 bits per heavy atom. The summed E-state index contributed by atoms with van der Waals surface area (Å²) in [5, 5.41) is 15.6. The molecule has 0 aliphatic carbocycles. The van der Waals surface area contributed by atoms with Crippen LogP contribution in [0.5, 0.6) is 0 Å². The van der Waals surface area contributed by atoms with Crippen molar-refractivity contribution in [3.8, 4) is 0 Å². The highest BCUT2D eigenvalue weighted by Gasteiger charge is 2.16. The van der Waals surface area contributed by atoms with Crippen LogP contribution in [0, 0.1) is 0 Å². The van der Waals surface area contributed by atoms with E-state index in [9.17, 15) is 13.6 Å². The summed E-state index contributed by atoms with van der Waals surface area (Å²) in [7, 11) is -4.23. The number of benzene rings is 1. The largest absolute Gasteiger partial charge is 0.334 e. The molecule has 0 saturated heterocycles. The minimum atomic E-state index is -4.23. The molecule has 0 aliphatic rings. The molecule has 0 saturated carbocycles. The minimum absolute atomic E-state index is 0.0202. The molecule has 1 aromatic carbocycles. The standard InChI is InChI=1S/C10H16N2O5S/c1-18(11,15,16)7-12-10(13)9-4-2-8(3-5-9)6-17-14/h2-5,14H,6-7H2,1H3,(H,12,13)(H3,11,15,16). The van der Waals surface area contributed by atoms with E-state index in [-0.39, 0.29) is 6.61 Å². The van der Waals surface area contributed by atoms with Crippen molar-refractivity contribution in [3.63, 3.8) is 0 Å². The maximum atomic E-state index is 11.6. The van der Waals surface area contributed by atoms with Gasteiger partial charge in [-0.3, -0.25) is 14.6 Å². The van der Waals surface area contributed by atoms with Crippen LogP contribution in [0.1, 0.15) is 15.9 Å². The lowest BCUT2D eigenvalue weighted by Gasteiger charge is -2.33. The van der Waals surface area contributed by atoms with Crippen molar-refractivity contribution in [1.82, 2.24) is 5.32 Å². The van der Waals surface area contributed by atoms with Crippen LogP contribution in [-0.4, -0.2) is 32.1 Å². The summed E-state index contributed by atoms with van der Waals surface area (Å²) < 4.78 is 20.6. The predicted molar refractivity (Wildman–Crippen MR) is 67.1 cm³/mol. The third-order valence-electron chi connectivity index (χ3n) is 2.03. The smallest absolute Gasteiger partial charge is 0.252 e. The number of hydrogen-bond acceptors (Lipinski definition) is 4. The van der Waals surface area contributed by atoms with Crippen molar-refractivity contribution in [2.45, 2.75) is 6.61 Å². The Balaban J connectivity index is 2.65. The first-order chi connectivity index (χ1) is 8.17. The fourth-order valence-electron chi connectivity index (χ4n) is 1.17. The van der Waals surface area contributed by atoms with Gasteiger partial charge < -0.3 is 5.32 Å². The first-order valence-electron chi connectivity index (χ1n) is 4.99. The van der Waals surface area contributed by atoms with Crippen molar-refractivity contribution >= 4 is 15.4 Å². The summed E-state index contributed by atoms with van der Waals surface area (Å²) in [6.45, 7) is 0.0202. The van der Waals surface area contributed by atoms with Gasteiger partial charge in [-0.15, -0.1) is 9.53 Å². The molecule has 7 nitrogen and oxygen atoms in total. The molecule has 0 unspecified atom stereocenters. The van der Waals surface area contributed by atoms with Crippen LogP contribution in [0.4, 0.5) is 0 Å². The molecule has 102 valence electrons. The number of hydrogen-bond donors (Lipinski definition) is 4. The molecule has 5 N–H and O–H groups in total. The van der Waals surface area contributed by atoms with Gasteiger partial charge in [0.2, 0.25) is 0 Å². The van der Waals surface area contributed by atoms with E-state index in [1.165, 1.54) is 12.1 Å². The number of rotatable bonds is 5. The third kappa shape index (κ3) is 5.34. The molecule has 0 aliphatic heterocycles. The molecule has 0 bridgehead atoms. The summed E-state index contributed by atoms with van der Waals surface area (Å²) >= 11 is 0. The summed E-state index contributed by atoms with van der Waals surface area (Å²) in [5.74, 6) is -1.02. The quantitative estimate of drug-likeness (QED) is 0.451. The Morgan fingerprint density at radius 3 is 2.44 bits per heavy atom. The second-order valence-corrected chi connectivity index (χ2v) is 7.60. The number of amides is 1. The summed E-state index contributed by atoms with van der Waals surface area (Å²) in [4.78, 5) is 15.6. The van der Waals surface area contributed by atoms with E-state index in [2.05, 4.69) is 10.2 Å². The maximum absolute atomic E-state index is 11.6. The highest BCUT2D eigenvalue weighted by Crippen LogP contribution is 2.07. The number of carbonyl (C=O) groups is 1. The van der Waals surface area contributed by atoms with E-state index in [0.717, 1.165) is 6.26 Å². The summed E-state index contributed by atoms with van der Waals surface area (Å²) in [6.07, 6.45) is 0.971. The zero-order chi connectivity index (χ0) is 13.8. The minimum Gasteiger partial charge on any atom is -0.334 e. The average molecular weight is 276 g/mol. The normalized spacial score (nSPS) is 13.7. The second kappa shape index (κ2) is 5.12. The van der Waals surface area contributed by atoms with E-state index in [1.807, 2.05) is 0 Å². The molecule has 8 heteroatoms. The molecule has 1 rings (SSSR count). The Labute approximate surface area is 104 Å². The Hall–Kier alpha value is -1.32. The molecule has 1 amide bonds. The van der Waals surface area contributed by atoms with Crippen molar-refractivity contribution in [2.24, 2.45) is 5.14 Å². The van der Waals surface area contributed by atoms with E-state index >= 15 is 0 Å². The van der Waals surface area contributed by atoms with Crippen molar-refractivity contribution < 1.29 is 23.7 Å². The van der Waals surface area contributed by atoms with Gasteiger partial charge in [0.25, 0.3) is 5.91 Å². The fourth-order valence-corrected chi connectivity index (χ4v) is 1.65. The first-order valence-corrected chi connectivity index (χ1v) is 7.55. The number of nitrogens with two attached hydrogens (primary N) is 1. The fraction of sp³-hybridized carbons (Fsp3) is 0.300. The number of nitrogens with one attached hydrogen (secondary N) is 1. The SMILES string of the molecule is CS(N)(=O)(O)CNC(=O)c1ccc(COO)cc1. The van der Waals surface area contributed by atoms with Gasteiger partial charge in [0, 0.05) is 11.8 Å². The van der Waals surface area contributed by atoms with Crippen molar-refractivity contribution in [2.75, 3.05) is 12.1 Å². The molecule has 18 heavy (non-hydrogen) atoms.